The molecule has 3 nitrogen and oxygen atoms in total. The molecule has 14 heavy (non-hydrogen) atoms. The van der Waals surface area contributed by atoms with Gasteiger partial charge in [0.15, 0.2) is 0 Å². The van der Waals surface area contributed by atoms with E-state index in [4.69, 9.17) is 10.5 Å². The number of nitrogen functional groups attached to an aromatic ring is 1. The van der Waals surface area contributed by atoms with Crippen molar-refractivity contribution >= 4 is 27.3 Å². The number of nitrogens with one attached hydrogen (secondary N) is 1. The maximum atomic E-state index is 5.90. The summed E-state index contributed by atoms with van der Waals surface area (Å²) in [6.07, 6.45) is 2.44. The molecular formula is C10H13BrN2O. The van der Waals surface area contributed by atoms with E-state index in [0.29, 0.717) is 6.04 Å². The van der Waals surface area contributed by atoms with Gasteiger partial charge < -0.3 is 15.8 Å². The van der Waals surface area contributed by atoms with Crippen molar-refractivity contribution in [2.75, 3.05) is 18.2 Å². The second kappa shape index (κ2) is 3.69. The van der Waals surface area contributed by atoms with E-state index >= 15 is 0 Å². The van der Waals surface area contributed by atoms with Crippen LogP contribution >= 0.6 is 15.9 Å². The highest BCUT2D eigenvalue weighted by Gasteiger charge is 2.23. The third kappa shape index (κ3) is 1.95. The highest BCUT2D eigenvalue weighted by atomic mass is 79.9. The molecule has 0 amide bonds. The number of hydrogen-bond donors (Lipinski definition) is 2. The Hall–Kier alpha value is -0.900. The molecule has 3 N–H and O–H groups in total. The van der Waals surface area contributed by atoms with E-state index < -0.39 is 0 Å². The van der Waals surface area contributed by atoms with Crippen molar-refractivity contribution < 1.29 is 4.74 Å². The van der Waals surface area contributed by atoms with Crippen LogP contribution in [0, 0.1) is 0 Å². The second-order valence-corrected chi connectivity index (χ2v) is 4.41. The van der Waals surface area contributed by atoms with E-state index in [0.717, 1.165) is 21.6 Å². The monoisotopic (exact) mass is 256 g/mol. The molecule has 0 spiro atoms. The van der Waals surface area contributed by atoms with E-state index in [2.05, 4.69) is 21.2 Å². The molecule has 76 valence electrons. The number of ether oxygens (including phenoxy) is 1. The van der Waals surface area contributed by atoms with Crippen LogP contribution in [0.15, 0.2) is 16.6 Å². The first-order valence-corrected chi connectivity index (χ1v) is 5.39. The number of benzene rings is 1. The molecule has 2 rings (SSSR count). The molecule has 0 aliphatic heterocycles. The first kappa shape index (κ1) is 9.65. The van der Waals surface area contributed by atoms with Crippen molar-refractivity contribution in [3.05, 3.63) is 16.6 Å². The third-order valence-electron chi connectivity index (χ3n) is 2.24. The molecular weight excluding hydrogens is 244 g/mol. The Labute approximate surface area is 91.8 Å². The average molecular weight is 257 g/mol. The van der Waals surface area contributed by atoms with Gasteiger partial charge in [-0.1, -0.05) is 15.9 Å². The molecule has 0 aromatic heterocycles. The Balaban J connectivity index is 2.33. The van der Waals surface area contributed by atoms with Crippen LogP contribution in [0.1, 0.15) is 12.8 Å². The van der Waals surface area contributed by atoms with Gasteiger partial charge in [-0.15, -0.1) is 0 Å². The zero-order chi connectivity index (χ0) is 10.1. The van der Waals surface area contributed by atoms with Crippen LogP contribution in [-0.4, -0.2) is 13.2 Å². The van der Waals surface area contributed by atoms with Crippen molar-refractivity contribution in [3.8, 4) is 5.75 Å². The summed E-state index contributed by atoms with van der Waals surface area (Å²) in [5.41, 5.74) is 7.54. The standard InChI is InChI=1S/C10H13BrN2O/c1-14-9-5-6(11)4-8(12)10(9)13-7-2-3-7/h4-5,7,13H,2-3,12H2,1H3. The highest BCUT2D eigenvalue weighted by molar-refractivity contribution is 9.10. The fourth-order valence-corrected chi connectivity index (χ4v) is 1.80. The van der Waals surface area contributed by atoms with Gasteiger partial charge in [0.2, 0.25) is 0 Å². The van der Waals surface area contributed by atoms with Crippen LogP contribution in [0.2, 0.25) is 0 Å². The minimum absolute atomic E-state index is 0.576. The number of nitrogens with two attached hydrogens (primary N) is 1. The summed E-state index contributed by atoms with van der Waals surface area (Å²) < 4.78 is 6.20. The maximum Gasteiger partial charge on any atom is 0.145 e. The van der Waals surface area contributed by atoms with Crippen LogP contribution in [0.5, 0.6) is 5.75 Å². The summed E-state index contributed by atoms with van der Waals surface area (Å²) in [6, 6.07) is 4.38. The molecule has 1 aromatic rings. The van der Waals surface area contributed by atoms with E-state index in [9.17, 15) is 0 Å². The fourth-order valence-electron chi connectivity index (χ4n) is 1.35. The molecule has 0 bridgehead atoms. The summed E-state index contributed by atoms with van der Waals surface area (Å²) >= 11 is 3.38. The smallest absolute Gasteiger partial charge is 0.145 e. The molecule has 1 aromatic carbocycles. The molecule has 1 aliphatic rings. The zero-order valence-corrected chi connectivity index (χ0v) is 9.60. The minimum Gasteiger partial charge on any atom is -0.494 e. The predicted octanol–water partition coefficient (Wildman–Crippen LogP) is 2.61. The van der Waals surface area contributed by atoms with E-state index in [1.165, 1.54) is 12.8 Å². The Morgan fingerprint density at radius 2 is 2.21 bits per heavy atom. The highest BCUT2D eigenvalue weighted by Crippen LogP contribution is 2.37. The summed E-state index contributed by atoms with van der Waals surface area (Å²) in [5.74, 6) is 0.795. The van der Waals surface area contributed by atoms with Crippen LogP contribution in [0.4, 0.5) is 11.4 Å². The Morgan fingerprint density at radius 3 is 2.79 bits per heavy atom. The zero-order valence-electron chi connectivity index (χ0n) is 8.01. The normalized spacial score (nSPS) is 15.3. The number of methoxy groups -OCH3 is 1. The van der Waals surface area contributed by atoms with Crippen LogP contribution < -0.4 is 15.8 Å². The first-order chi connectivity index (χ1) is 6.70. The molecule has 4 heteroatoms. The molecule has 0 unspecified atom stereocenters. The van der Waals surface area contributed by atoms with Crippen molar-refractivity contribution in [2.24, 2.45) is 0 Å². The van der Waals surface area contributed by atoms with E-state index in [1.54, 1.807) is 7.11 Å². The van der Waals surface area contributed by atoms with E-state index in [1.807, 2.05) is 12.1 Å². The molecule has 1 fully saturated rings. The van der Waals surface area contributed by atoms with Crippen molar-refractivity contribution in [1.29, 1.82) is 0 Å². The largest absolute Gasteiger partial charge is 0.494 e. The lowest BCUT2D eigenvalue weighted by atomic mass is 10.2. The van der Waals surface area contributed by atoms with Gasteiger partial charge in [-0.3, -0.25) is 0 Å². The van der Waals surface area contributed by atoms with Gasteiger partial charge in [-0.25, -0.2) is 0 Å². The Bertz CT molecular complexity index is 350. The number of hydrogen-bond acceptors (Lipinski definition) is 3. The van der Waals surface area contributed by atoms with Crippen LogP contribution in [-0.2, 0) is 0 Å². The second-order valence-electron chi connectivity index (χ2n) is 3.49. The predicted molar refractivity (Wildman–Crippen MR) is 61.8 cm³/mol. The molecule has 0 saturated heterocycles. The summed E-state index contributed by atoms with van der Waals surface area (Å²) in [5, 5.41) is 3.36. The molecule has 1 aliphatic carbocycles. The fraction of sp³-hybridized carbons (Fsp3) is 0.400. The van der Waals surface area contributed by atoms with Gasteiger partial charge in [0.05, 0.1) is 12.8 Å². The van der Waals surface area contributed by atoms with E-state index in [-0.39, 0.29) is 0 Å². The summed E-state index contributed by atoms with van der Waals surface area (Å²) in [4.78, 5) is 0. The van der Waals surface area contributed by atoms with Crippen LogP contribution in [0.25, 0.3) is 0 Å². The molecule has 0 heterocycles. The van der Waals surface area contributed by atoms with Gasteiger partial charge in [-0.2, -0.15) is 0 Å². The summed E-state index contributed by atoms with van der Waals surface area (Å²) in [7, 11) is 1.65. The summed E-state index contributed by atoms with van der Waals surface area (Å²) in [6.45, 7) is 0. The van der Waals surface area contributed by atoms with Gasteiger partial charge in [0.25, 0.3) is 0 Å². The number of anilines is 2. The van der Waals surface area contributed by atoms with Crippen molar-refractivity contribution in [1.82, 2.24) is 0 Å². The lowest BCUT2D eigenvalue weighted by molar-refractivity contribution is 0.416. The van der Waals surface area contributed by atoms with Crippen molar-refractivity contribution in [2.45, 2.75) is 18.9 Å². The topological polar surface area (TPSA) is 47.3 Å². The number of halogens is 1. The average Bonchev–Trinajstić information content (AvgIpc) is 2.93. The first-order valence-electron chi connectivity index (χ1n) is 4.60. The van der Waals surface area contributed by atoms with Gasteiger partial charge in [0, 0.05) is 10.5 Å². The van der Waals surface area contributed by atoms with Gasteiger partial charge >= 0.3 is 0 Å². The molecule has 0 atom stereocenters. The lowest BCUT2D eigenvalue weighted by Crippen LogP contribution is -2.06. The quantitative estimate of drug-likeness (QED) is 0.818. The number of rotatable bonds is 3. The van der Waals surface area contributed by atoms with Crippen LogP contribution in [0.3, 0.4) is 0 Å². The maximum absolute atomic E-state index is 5.90. The lowest BCUT2D eigenvalue weighted by Gasteiger charge is -2.13. The molecule has 1 saturated carbocycles. The SMILES string of the molecule is COc1cc(Br)cc(N)c1NC1CC1. The van der Waals surface area contributed by atoms with Gasteiger partial charge in [-0.05, 0) is 25.0 Å². The van der Waals surface area contributed by atoms with Crippen molar-refractivity contribution in [3.63, 3.8) is 0 Å². The molecule has 0 radical (unpaired) electrons. The Morgan fingerprint density at radius 1 is 1.50 bits per heavy atom. The van der Waals surface area contributed by atoms with Gasteiger partial charge in [0.1, 0.15) is 11.4 Å². The third-order valence-corrected chi connectivity index (χ3v) is 2.70. The Kier molecular flexibility index (Phi) is 2.54. The minimum atomic E-state index is 0.576.